The van der Waals surface area contributed by atoms with Gasteiger partial charge in [0.2, 0.25) is 5.91 Å². The molecule has 0 unspecified atom stereocenters. The Morgan fingerprint density at radius 3 is 1.83 bits per heavy atom. The van der Waals surface area contributed by atoms with Gasteiger partial charge >= 0.3 is 0 Å². The molecule has 1 aromatic carbocycles. The summed E-state index contributed by atoms with van der Waals surface area (Å²) in [5, 5.41) is 1.18. The van der Waals surface area contributed by atoms with E-state index in [2.05, 4.69) is 33.8 Å². The van der Waals surface area contributed by atoms with Crippen molar-refractivity contribution in [3.05, 3.63) is 33.9 Å². The van der Waals surface area contributed by atoms with Crippen LogP contribution in [0, 0.1) is 27.7 Å². The first kappa shape index (κ1) is 14.7. The molecule has 1 aromatic rings. The van der Waals surface area contributed by atoms with Crippen molar-refractivity contribution in [3.8, 4) is 0 Å². The molecule has 3 nitrogen and oxygen atoms in total. The molecule has 0 atom stereocenters. The van der Waals surface area contributed by atoms with Gasteiger partial charge < -0.3 is 0 Å². The average molecular weight is 248 g/mol. The van der Waals surface area contributed by atoms with Gasteiger partial charge in [-0.3, -0.25) is 9.80 Å². The highest BCUT2D eigenvalue weighted by Crippen LogP contribution is 2.33. The van der Waals surface area contributed by atoms with Gasteiger partial charge in [-0.15, -0.1) is 0 Å². The number of nitrogens with zero attached hydrogens (tertiary/aromatic N) is 1. The van der Waals surface area contributed by atoms with E-state index in [4.69, 9.17) is 5.84 Å². The third-order valence-corrected chi connectivity index (χ3v) is 3.85. The number of likely N-dealkylation sites (N-methyl/N-ethyl adjacent to an activating group) is 1. The number of hydrogen-bond acceptors (Lipinski definition) is 2. The summed E-state index contributed by atoms with van der Waals surface area (Å²) >= 11 is 0. The van der Waals surface area contributed by atoms with Gasteiger partial charge in [0, 0.05) is 7.05 Å². The largest absolute Gasteiger partial charge is 0.283 e. The normalized spacial score (nSPS) is 11.6. The van der Waals surface area contributed by atoms with Crippen LogP contribution in [-0.2, 0) is 10.2 Å². The van der Waals surface area contributed by atoms with Crippen molar-refractivity contribution in [1.29, 1.82) is 0 Å². The SMILES string of the molecule is Cc1cc(C)c(C)c(C(C)(C)C(=O)N(C)N)c1C. The maximum absolute atomic E-state index is 12.3. The topological polar surface area (TPSA) is 46.3 Å². The Labute approximate surface area is 110 Å². The number of hydrogen-bond donors (Lipinski definition) is 1. The fourth-order valence-electron chi connectivity index (χ4n) is 2.70. The molecule has 0 saturated carbocycles. The first-order chi connectivity index (χ1) is 8.10. The molecule has 0 radical (unpaired) electrons. The van der Waals surface area contributed by atoms with E-state index in [-0.39, 0.29) is 5.91 Å². The number of aryl methyl sites for hydroxylation is 2. The lowest BCUT2D eigenvalue weighted by molar-refractivity contribution is -0.135. The number of carbonyl (C=O) groups excluding carboxylic acids is 1. The molecule has 100 valence electrons. The maximum atomic E-state index is 12.3. The van der Waals surface area contributed by atoms with Crippen molar-refractivity contribution in [3.63, 3.8) is 0 Å². The molecule has 18 heavy (non-hydrogen) atoms. The van der Waals surface area contributed by atoms with E-state index in [1.165, 1.54) is 27.3 Å². The second-order valence-electron chi connectivity index (χ2n) is 5.68. The number of amides is 1. The van der Waals surface area contributed by atoms with Gasteiger partial charge in [-0.1, -0.05) is 6.07 Å². The van der Waals surface area contributed by atoms with Crippen LogP contribution < -0.4 is 5.84 Å². The summed E-state index contributed by atoms with van der Waals surface area (Å²) in [4.78, 5) is 12.3. The zero-order valence-electron chi connectivity index (χ0n) is 12.5. The monoisotopic (exact) mass is 248 g/mol. The van der Waals surface area contributed by atoms with Crippen molar-refractivity contribution in [2.24, 2.45) is 5.84 Å². The lowest BCUT2D eigenvalue weighted by Gasteiger charge is -2.31. The van der Waals surface area contributed by atoms with E-state index >= 15 is 0 Å². The van der Waals surface area contributed by atoms with Crippen molar-refractivity contribution < 1.29 is 4.79 Å². The van der Waals surface area contributed by atoms with Crippen molar-refractivity contribution in [2.75, 3.05) is 7.05 Å². The van der Waals surface area contributed by atoms with Crippen molar-refractivity contribution >= 4 is 5.91 Å². The van der Waals surface area contributed by atoms with Crippen molar-refractivity contribution in [2.45, 2.75) is 47.0 Å². The molecule has 0 aliphatic rings. The van der Waals surface area contributed by atoms with E-state index in [9.17, 15) is 4.79 Å². The third-order valence-electron chi connectivity index (χ3n) is 3.85. The van der Waals surface area contributed by atoms with Crippen LogP contribution in [0.5, 0.6) is 0 Å². The first-order valence-corrected chi connectivity index (χ1v) is 6.21. The number of rotatable bonds is 2. The smallest absolute Gasteiger partial charge is 0.246 e. The second kappa shape index (κ2) is 4.73. The van der Waals surface area contributed by atoms with Crippen LogP contribution in [0.1, 0.15) is 41.7 Å². The van der Waals surface area contributed by atoms with E-state index in [0.29, 0.717) is 0 Å². The Morgan fingerprint density at radius 1 is 1.11 bits per heavy atom. The van der Waals surface area contributed by atoms with E-state index in [0.717, 1.165) is 5.56 Å². The Hall–Kier alpha value is -1.35. The minimum absolute atomic E-state index is 0.0706. The fourth-order valence-corrected chi connectivity index (χ4v) is 2.70. The lowest BCUT2D eigenvalue weighted by atomic mass is 9.76. The summed E-state index contributed by atoms with van der Waals surface area (Å²) in [6.07, 6.45) is 0. The van der Waals surface area contributed by atoms with Gasteiger partial charge in [-0.25, -0.2) is 5.84 Å². The summed E-state index contributed by atoms with van der Waals surface area (Å²) in [7, 11) is 1.59. The molecule has 0 fully saturated rings. The van der Waals surface area contributed by atoms with Gasteiger partial charge in [-0.05, 0) is 69.4 Å². The van der Waals surface area contributed by atoms with Crippen LogP contribution in [0.15, 0.2) is 6.07 Å². The first-order valence-electron chi connectivity index (χ1n) is 6.21. The zero-order chi connectivity index (χ0) is 14.2. The molecule has 1 rings (SSSR count). The number of hydrazine groups is 1. The molecular weight excluding hydrogens is 224 g/mol. The zero-order valence-corrected chi connectivity index (χ0v) is 12.5. The molecule has 2 N–H and O–H groups in total. The van der Waals surface area contributed by atoms with Crippen LogP contribution in [0.4, 0.5) is 0 Å². The van der Waals surface area contributed by atoms with Gasteiger partial charge in [0.1, 0.15) is 0 Å². The minimum atomic E-state index is -0.603. The molecular formula is C15H24N2O. The van der Waals surface area contributed by atoms with E-state index < -0.39 is 5.41 Å². The second-order valence-corrected chi connectivity index (χ2v) is 5.68. The van der Waals surface area contributed by atoms with Gasteiger partial charge in [0.15, 0.2) is 0 Å². The Bertz CT molecular complexity index is 462. The quantitative estimate of drug-likeness (QED) is 0.496. The molecule has 0 aliphatic carbocycles. The molecule has 1 amide bonds. The van der Waals surface area contributed by atoms with Crippen LogP contribution in [0.3, 0.4) is 0 Å². The number of carbonyl (C=O) groups is 1. The van der Waals surface area contributed by atoms with E-state index in [1.54, 1.807) is 7.05 Å². The highest BCUT2D eigenvalue weighted by Gasteiger charge is 2.34. The van der Waals surface area contributed by atoms with Crippen LogP contribution in [0.25, 0.3) is 0 Å². The molecule has 0 saturated heterocycles. The molecule has 3 heteroatoms. The highest BCUT2D eigenvalue weighted by atomic mass is 16.2. The molecule has 0 heterocycles. The summed E-state index contributed by atoms with van der Waals surface area (Å²) < 4.78 is 0. The van der Waals surface area contributed by atoms with Gasteiger partial charge in [0.05, 0.1) is 5.41 Å². The summed E-state index contributed by atoms with van der Waals surface area (Å²) in [6.45, 7) is 12.2. The predicted octanol–water partition coefficient (Wildman–Crippen LogP) is 2.53. The molecule has 0 aliphatic heterocycles. The van der Waals surface area contributed by atoms with Crippen LogP contribution in [-0.4, -0.2) is 18.0 Å². The molecule has 0 spiro atoms. The third kappa shape index (κ3) is 2.27. The highest BCUT2D eigenvalue weighted by molar-refractivity contribution is 5.87. The summed E-state index contributed by atoms with van der Waals surface area (Å²) in [5.74, 6) is 5.55. The fraction of sp³-hybridized carbons (Fsp3) is 0.533. The average Bonchev–Trinajstić information content (AvgIpc) is 2.25. The predicted molar refractivity (Wildman–Crippen MR) is 75.4 cm³/mol. The van der Waals surface area contributed by atoms with Gasteiger partial charge in [-0.2, -0.15) is 0 Å². The maximum Gasteiger partial charge on any atom is 0.246 e. The lowest BCUT2D eigenvalue weighted by Crippen LogP contribution is -2.45. The standard InChI is InChI=1S/C15H24N2O/c1-9-8-10(2)12(4)13(11(9)3)15(5,6)14(18)17(7)16/h8H,16H2,1-7H3. The van der Waals surface area contributed by atoms with Gasteiger partial charge in [0.25, 0.3) is 0 Å². The minimum Gasteiger partial charge on any atom is -0.283 e. The Morgan fingerprint density at radius 2 is 1.50 bits per heavy atom. The van der Waals surface area contributed by atoms with E-state index in [1.807, 2.05) is 13.8 Å². The Kier molecular flexibility index (Phi) is 3.86. The molecule has 0 aromatic heterocycles. The van der Waals surface area contributed by atoms with Crippen molar-refractivity contribution in [1.82, 2.24) is 5.01 Å². The van der Waals surface area contributed by atoms with Crippen LogP contribution >= 0.6 is 0 Å². The number of benzene rings is 1. The van der Waals surface area contributed by atoms with Crippen LogP contribution in [0.2, 0.25) is 0 Å². The Balaban J connectivity index is 3.55. The summed E-state index contributed by atoms with van der Waals surface area (Å²) in [6, 6.07) is 2.17. The summed E-state index contributed by atoms with van der Waals surface area (Å²) in [5.41, 5.74) is 5.29. The molecule has 0 bridgehead atoms. The number of nitrogens with two attached hydrogens (primary N) is 1.